The molecule has 2 heterocycles. The molecule has 0 unspecified atom stereocenters. The molecule has 1 aromatic heterocycles. The average molecular weight is 529 g/mol. The number of rotatable bonds is 9. The number of piperidine rings is 1. The van der Waals surface area contributed by atoms with Crippen LogP contribution in [-0.4, -0.2) is 66.9 Å². The van der Waals surface area contributed by atoms with Crippen molar-refractivity contribution in [1.29, 1.82) is 0 Å². The number of hydrogen-bond donors (Lipinski definition) is 1. The van der Waals surface area contributed by atoms with Gasteiger partial charge in [0.05, 0.1) is 23.1 Å². The van der Waals surface area contributed by atoms with Gasteiger partial charge in [0.25, 0.3) is 0 Å². The van der Waals surface area contributed by atoms with E-state index in [2.05, 4.69) is 15.3 Å². The summed E-state index contributed by atoms with van der Waals surface area (Å²) < 4.78 is 62.7. The third kappa shape index (κ3) is 7.98. The number of halogens is 2. The van der Waals surface area contributed by atoms with Gasteiger partial charge >= 0.3 is 6.16 Å². The van der Waals surface area contributed by atoms with Crippen LogP contribution < -0.4 is 10.1 Å². The van der Waals surface area contributed by atoms with Crippen molar-refractivity contribution in [3.63, 3.8) is 0 Å². The Morgan fingerprint density at radius 2 is 1.89 bits per heavy atom. The number of aryl methyl sites for hydroxylation is 1. The van der Waals surface area contributed by atoms with Crippen LogP contribution >= 0.6 is 0 Å². The lowest BCUT2D eigenvalue weighted by molar-refractivity contribution is -0.151. The number of ether oxygens (including phenoxy) is 2. The van der Waals surface area contributed by atoms with Gasteiger partial charge < -0.3 is 19.6 Å². The zero-order valence-electron chi connectivity index (χ0n) is 20.6. The predicted octanol–water partition coefficient (Wildman–Crippen LogP) is 3.71. The standard InChI is InChI=1S/C23H30F2N4O6S/c1-14(2)33-23(30)35-29-8-5-17(6-9-29)34-22-15(3)21(26-13-27-22)28-20-12-18(24)16(11-19(20)25)7-10-36(4,31)32/h11-14,17H,5-10H2,1-4H3,(H,26,27,28). The number of carbonyl (C=O) groups excluding carboxylic acids is 1. The molecule has 0 saturated carbocycles. The molecule has 13 heteroatoms. The van der Waals surface area contributed by atoms with E-state index < -0.39 is 27.6 Å². The number of nitrogens with zero attached hydrogens (tertiary/aromatic N) is 3. The lowest BCUT2D eigenvalue weighted by atomic mass is 10.1. The second kappa shape index (κ2) is 11.8. The minimum Gasteiger partial charge on any atom is -0.474 e. The Morgan fingerprint density at radius 1 is 1.19 bits per heavy atom. The number of nitrogens with one attached hydrogen (secondary N) is 1. The topological polar surface area (TPSA) is 120 Å². The number of aromatic nitrogens is 2. The summed E-state index contributed by atoms with van der Waals surface area (Å²) in [5, 5.41) is 4.27. The van der Waals surface area contributed by atoms with Crippen LogP contribution in [0.25, 0.3) is 0 Å². The van der Waals surface area contributed by atoms with Crippen LogP contribution in [0.4, 0.5) is 25.1 Å². The normalized spacial score (nSPS) is 15.1. The fourth-order valence-electron chi connectivity index (χ4n) is 3.50. The molecule has 3 rings (SSSR count). The number of sulfone groups is 1. The monoisotopic (exact) mass is 528 g/mol. The Morgan fingerprint density at radius 3 is 2.53 bits per heavy atom. The summed E-state index contributed by atoms with van der Waals surface area (Å²) in [5.41, 5.74) is 0.319. The first-order valence-corrected chi connectivity index (χ1v) is 13.5. The molecule has 1 N–H and O–H groups in total. The van der Waals surface area contributed by atoms with Gasteiger partial charge in [0.2, 0.25) is 5.88 Å². The summed E-state index contributed by atoms with van der Waals surface area (Å²) in [6.07, 6.45) is 2.07. The molecule has 1 aliphatic rings. The van der Waals surface area contributed by atoms with Crippen molar-refractivity contribution in [2.45, 2.75) is 52.2 Å². The fraction of sp³-hybridized carbons (Fsp3) is 0.522. The van der Waals surface area contributed by atoms with Crippen LogP contribution in [0.5, 0.6) is 5.88 Å². The van der Waals surface area contributed by atoms with E-state index in [-0.39, 0.29) is 47.3 Å². The lowest BCUT2D eigenvalue weighted by Gasteiger charge is -2.30. The highest BCUT2D eigenvalue weighted by atomic mass is 32.2. The molecular formula is C23H30F2N4O6S. The van der Waals surface area contributed by atoms with Gasteiger partial charge in [-0.2, -0.15) is 0 Å². The largest absolute Gasteiger partial charge is 0.528 e. The summed E-state index contributed by atoms with van der Waals surface area (Å²) in [7, 11) is -3.31. The molecule has 1 fully saturated rings. The molecule has 0 spiro atoms. The van der Waals surface area contributed by atoms with Crippen molar-refractivity contribution >= 4 is 27.5 Å². The first-order valence-electron chi connectivity index (χ1n) is 11.5. The molecule has 0 atom stereocenters. The highest BCUT2D eigenvalue weighted by Gasteiger charge is 2.25. The molecule has 0 aliphatic carbocycles. The quantitative estimate of drug-likeness (QED) is 0.482. The molecule has 198 valence electrons. The van der Waals surface area contributed by atoms with E-state index in [1.807, 2.05) is 0 Å². The van der Waals surface area contributed by atoms with Gasteiger partial charge in [-0.05, 0) is 38.8 Å². The highest BCUT2D eigenvalue weighted by molar-refractivity contribution is 7.90. The molecule has 36 heavy (non-hydrogen) atoms. The number of hydrogen-bond acceptors (Lipinski definition) is 10. The van der Waals surface area contributed by atoms with Crippen LogP contribution in [-0.2, 0) is 25.8 Å². The van der Waals surface area contributed by atoms with Crippen molar-refractivity contribution in [1.82, 2.24) is 15.0 Å². The summed E-state index contributed by atoms with van der Waals surface area (Å²) in [5.74, 6) is -1.23. The molecule has 2 aromatic rings. The maximum atomic E-state index is 14.6. The number of benzene rings is 1. The SMILES string of the molecule is Cc1c(Nc2cc(F)c(CCS(C)(=O)=O)cc2F)ncnc1OC1CCN(OC(=O)OC(C)C)CC1. The van der Waals surface area contributed by atoms with Crippen molar-refractivity contribution < 1.29 is 36.3 Å². The van der Waals surface area contributed by atoms with Crippen LogP contribution in [0.2, 0.25) is 0 Å². The maximum Gasteiger partial charge on any atom is 0.528 e. The average Bonchev–Trinajstić information content (AvgIpc) is 2.78. The zero-order chi connectivity index (χ0) is 26.5. The van der Waals surface area contributed by atoms with Crippen LogP contribution in [0.3, 0.4) is 0 Å². The van der Waals surface area contributed by atoms with E-state index in [1.54, 1.807) is 20.8 Å². The van der Waals surface area contributed by atoms with E-state index in [0.717, 1.165) is 18.4 Å². The molecule has 0 bridgehead atoms. The first-order chi connectivity index (χ1) is 16.9. The van der Waals surface area contributed by atoms with Gasteiger partial charge in [-0.25, -0.2) is 32.0 Å². The Balaban J connectivity index is 1.62. The van der Waals surface area contributed by atoms with Crippen molar-refractivity contribution in [3.05, 3.63) is 41.2 Å². The Labute approximate surface area is 208 Å². The van der Waals surface area contributed by atoms with Crippen LogP contribution in [0, 0.1) is 18.6 Å². The first kappa shape index (κ1) is 27.5. The van der Waals surface area contributed by atoms with Gasteiger partial charge in [0.1, 0.15) is 39.7 Å². The van der Waals surface area contributed by atoms with Gasteiger partial charge in [0, 0.05) is 38.3 Å². The van der Waals surface area contributed by atoms with E-state index in [9.17, 15) is 22.0 Å². The lowest BCUT2D eigenvalue weighted by Crippen LogP contribution is -2.40. The summed E-state index contributed by atoms with van der Waals surface area (Å²) >= 11 is 0. The summed E-state index contributed by atoms with van der Waals surface area (Å²) in [6.45, 7) is 6.05. The van der Waals surface area contributed by atoms with E-state index in [0.29, 0.717) is 31.5 Å². The van der Waals surface area contributed by atoms with Gasteiger partial charge in [0.15, 0.2) is 0 Å². The third-order valence-electron chi connectivity index (χ3n) is 5.38. The van der Waals surface area contributed by atoms with Gasteiger partial charge in [-0.3, -0.25) is 0 Å². The van der Waals surface area contributed by atoms with Crippen LogP contribution in [0.1, 0.15) is 37.8 Å². The maximum absolute atomic E-state index is 14.6. The van der Waals surface area contributed by atoms with Crippen LogP contribution in [0.15, 0.2) is 18.5 Å². The second-order valence-corrected chi connectivity index (χ2v) is 11.1. The molecule has 10 nitrogen and oxygen atoms in total. The molecule has 1 aromatic carbocycles. The smallest absolute Gasteiger partial charge is 0.474 e. The second-order valence-electron chi connectivity index (χ2n) is 8.83. The van der Waals surface area contributed by atoms with Crippen molar-refractivity contribution in [2.24, 2.45) is 0 Å². The number of anilines is 2. The Kier molecular flexibility index (Phi) is 9.01. The molecule has 0 amide bonds. The van der Waals surface area contributed by atoms with Gasteiger partial charge in [-0.1, -0.05) is 0 Å². The predicted molar refractivity (Wildman–Crippen MR) is 128 cm³/mol. The van der Waals surface area contributed by atoms with Gasteiger partial charge in [-0.15, -0.1) is 5.06 Å². The summed E-state index contributed by atoms with van der Waals surface area (Å²) in [4.78, 5) is 25.1. The van der Waals surface area contributed by atoms with E-state index in [1.165, 1.54) is 11.4 Å². The van der Waals surface area contributed by atoms with Crippen molar-refractivity contribution in [2.75, 3.05) is 30.4 Å². The number of carbonyl (C=O) groups is 1. The minimum absolute atomic E-state index is 0.0281. The van der Waals surface area contributed by atoms with E-state index in [4.69, 9.17) is 14.3 Å². The zero-order valence-corrected chi connectivity index (χ0v) is 21.4. The molecule has 0 radical (unpaired) electrons. The third-order valence-corrected chi connectivity index (χ3v) is 6.33. The molecular weight excluding hydrogens is 498 g/mol. The van der Waals surface area contributed by atoms with Crippen molar-refractivity contribution in [3.8, 4) is 5.88 Å². The fourth-order valence-corrected chi connectivity index (χ4v) is 4.09. The Hall–Kier alpha value is -3.06. The van der Waals surface area contributed by atoms with E-state index >= 15 is 0 Å². The molecule has 1 aliphatic heterocycles. The highest BCUT2D eigenvalue weighted by Crippen LogP contribution is 2.29. The number of hydroxylamine groups is 2. The molecule has 1 saturated heterocycles. The summed E-state index contributed by atoms with van der Waals surface area (Å²) in [6, 6.07) is 1.94. The minimum atomic E-state index is -3.31. The Bertz CT molecular complexity index is 1190.